The van der Waals surface area contributed by atoms with Gasteiger partial charge in [0.1, 0.15) is 12.3 Å². The number of amides is 2. The fraction of sp³-hybridized carbons (Fsp3) is 0.227. The maximum Gasteiger partial charge on any atom is 0.255 e. The molecule has 150 valence electrons. The van der Waals surface area contributed by atoms with Gasteiger partial charge in [-0.05, 0) is 25.1 Å². The molecule has 0 aliphatic carbocycles. The van der Waals surface area contributed by atoms with Crippen molar-refractivity contribution < 1.29 is 14.3 Å². The molecule has 1 heterocycles. The molecule has 0 aliphatic rings. The monoisotopic (exact) mass is 393 g/mol. The molecule has 3 rings (SSSR count). The lowest BCUT2D eigenvalue weighted by Gasteiger charge is -2.21. The van der Waals surface area contributed by atoms with Gasteiger partial charge in [-0.2, -0.15) is 0 Å². The Morgan fingerprint density at radius 2 is 1.86 bits per heavy atom. The Morgan fingerprint density at radius 1 is 1.10 bits per heavy atom. The first kappa shape index (κ1) is 20.1. The van der Waals surface area contributed by atoms with E-state index in [1.54, 1.807) is 57.5 Å². The van der Waals surface area contributed by atoms with Crippen LogP contribution in [0.1, 0.15) is 17.3 Å². The largest absolute Gasteiger partial charge is 0.497 e. The molecule has 7 heteroatoms. The molecule has 0 saturated heterocycles. The number of pyridine rings is 1. The number of hydrogen-bond acceptors (Lipinski definition) is 4. The first-order valence-corrected chi connectivity index (χ1v) is 9.26. The summed E-state index contributed by atoms with van der Waals surface area (Å²) in [6, 6.07) is 15.5. The highest BCUT2D eigenvalue weighted by atomic mass is 16.5. The van der Waals surface area contributed by atoms with Crippen LogP contribution < -0.4 is 15.6 Å². The second-order valence-electron chi connectivity index (χ2n) is 6.57. The van der Waals surface area contributed by atoms with Gasteiger partial charge in [-0.25, -0.2) is 0 Å². The number of carbonyl (C=O) groups is 2. The van der Waals surface area contributed by atoms with Crippen LogP contribution in [0.25, 0.3) is 10.9 Å². The molecule has 1 N–H and O–H groups in total. The third kappa shape index (κ3) is 4.29. The number of nitrogens with zero attached hydrogens (tertiary/aromatic N) is 2. The average Bonchev–Trinajstić information content (AvgIpc) is 2.74. The fourth-order valence-electron chi connectivity index (χ4n) is 3.16. The highest BCUT2D eigenvalue weighted by Gasteiger charge is 2.21. The highest BCUT2D eigenvalue weighted by molar-refractivity contribution is 6.07. The molecule has 0 bridgehead atoms. The molecule has 3 aromatic rings. The first-order valence-electron chi connectivity index (χ1n) is 9.26. The molecule has 0 saturated carbocycles. The Hall–Kier alpha value is -3.61. The van der Waals surface area contributed by atoms with E-state index in [1.165, 1.54) is 15.5 Å². The lowest BCUT2D eigenvalue weighted by molar-refractivity contribution is -0.116. The number of rotatable bonds is 6. The Balaban J connectivity index is 1.84. The summed E-state index contributed by atoms with van der Waals surface area (Å²) in [6.07, 6.45) is 0. The van der Waals surface area contributed by atoms with E-state index in [0.29, 0.717) is 34.4 Å². The number of nitrogens with one attached hydrogen (secondary N) is 1. The predicted molar refractivity (Wildman–Crippen MR) is 112 cm³/mol. The molecule has 0 radical (unpaired) electrons. The molecule has 29 heavy (non-hydrogen) atoms. The molecule has 1 aromatic heterocycles. The number of benzene rings is 2. The lowest BCUT2D eigenvalue weighted by atomic mass is 10.1. The van der Waals surface area contributed by atoms with Gasteiger partial charge in [0.2, 0.25) is 5.91 Å². The van der Waals surface area contributed by atoms with Crippen molar-refractivity contribution in [1.82, 2.24) is 9.47 Å². The van der Waals surface area contributed by atoms with Crippen LogP contribution in [-0.2, 0) is 11.8 Å². The van der Waals surface area contributed by atoms with E-state index in [0.717, 1.165) is 0 Å². The maximum absolute atomic E-state index is 13.1. The zero-order valence-corrected chi connectivity index (χ0v) is 16.6. The normalized spacial score (nSPS) is 10.6. The number of aromatic nitrogens is 1. The van der Waals surface area contributed by atoms with E-state index in [2.05, 4.69) is 5.32 Å². The van der Waals surface area contributed by atoms with Gasteiger partial charge in [0, 0.05) is 36.8 Å². The van der Waals surface area contributed by atoms with Crippen LogP contribution in [0.4, 0.5) is 5.69 Å². The number of hydrogen-bond donors (Lipinski definition) is 1. The van der Waals surface area contributed by atoms with Gasteiger partial charge in [-0.1, -0.05) is 24.3 Å². The number of anilines is 1. The van der Waals surface area contributed by atoms with E-state index in [9.17, 15) is 14.4 Å². The standard InChI is InChI=1S/C22H23N3O4/c1-4-25(14-20(26)23-15-8-7-9-16(12-15)29-3)22(28)18-13-21(27)24(2)19-11-6-5-10-17(18)19/h5-13H,4,14H2,1-3H3,(H,23,26). The summed E-state index contributed by atoms with van der Waals surface area (Å²) >= 11 is 0. The van der Waals surface area contributed by atoms with Crippen LogP contribution in [0, 0.1) is 0 Å². The molecular weight excluding hydrogens is 370 g/mol. The Bertz CT molecular complexity index is 1120. The van der Waals surface area contributed by atoms with Crippen molar-refractivity contribution in [3.05, 3.63) is 70.5 Å². The number of aryl methyl sites for hydroxylation is 1. The van der Waals surface area contributed by atoms with Crippen LogP contribution in [0.5, 0.6) is 5.75 Å². The summed E-state index contributed by atoms with van der Waals surface area (Å²) in [4.78, 5) is 39.3. The number of ether oxygens (including phenoxy) is 1. The molecular formula is C22H23N3O4. The zero-order chi connectivity index (χ0) is 21.0. The van der Waals surface area contributed by atoms with Crippen LogP contribution in [0.15, 0.2) is 59.4 Å². The van der Waals surface area contributed by atoms with Crippen molar-refractivity contribution in [1.29, 1.82) is 0 Å². The van der Waals surface area contributed by atoms with Crippen LogP contribution in [0.2, 0.25) is 0 Å². The Labute approximate surface area is 168 Å². The van der Waals surface area contributed by atoms with Crippen LogP contribution in [0.3, 0.4) is 0 Å². The average molecular weight is 393 g/mol. The van der Waals surface area contributed by atoms with Crippen molar-refractivity contribution in [2.24, 2.45) is 7.05 Å². The maximum atomic E-state index is 13.1. The summed E-state index contributed by atoms with van der Waals surface area (Å²) in [5.74, 6) is -0.0680. The third-order valence-corrected chi connectivity index (χ3v) is 4.74. The Kier molecular flexibility index (Phi) is 5.97. The third-order valence-electron chi connectivity index (χ3n) is 4.74. The second-order valence-corrected chi connectivity index (χ2v) is 6.57. The minimum Gasteiger partial charge on any atom is -0.497 e. The van der Waals surface area contributed by atoms with Gasteiger partial charge in [0.25, 0.3) is 11.5 Å². The topological polar surface area (TPSA) is 80.6 Å². The smallest absolute Gasteiger partial charge is 0.255 e. The van der Waals surface area contributed by atoms with Gasteiger partial charge < -0.3 is 19.5 Å². The Morgan fingerprint density at radius 3 is 2.59 bits per heavy atom. The SMILES string of the molecule is CCN(CC(=O)Nc1cccc(OC)c1)C(=O)c1cc(=O)n(C)c2ccccc12. The van der Waals surface area contributed by atoms with E-state index in [-0.39, 0.29) is 23.9 Å². The fourth-order valence-corrected chi connectivity index (χ4v) is 3.16. The van der Waals surface area contributed by atoms with E-state index in [4.69, 9.17) is 4.74 Å². The van der Waals surface area contributed by atoms with Gasteiger partial charge in [0.05, 0.1) is 18.2 Å². The van der Waals surface area contributed by atoms with Crippen LogP contribution in [-0.4, -0.2) is 41.5 Å². The number of fused-ring (bicyclic) bond motifs is 1. The molecule has 0 fully saturated rings. The van der Waals surface area contributed by atoms with Gasteiger partial charge in [0.15, 0.2) is 0 Å². The minimum atomic E-state index is -0.359. The van der Waals surface area contributed by atoms with E-state index < -0.39 is 0 Å². The van der Waals surface area contributed by atoms with Crippen molar-refractivity contribution in [2.45, 2.75) is 6.92 Å². The predicted octanol–water partition coefficient (Wildman–Crippen LogP) is 2.65. The highest BCUT2D eigenvalue weighted by Crippen LogP contribution is 2.19. The summed E-state index contributed by atoms with van der Waals surface area (Å²) < 4.78 is 6.65. The van der Waals surface area contributed by atoms with Crippen molar-refractivity contribution in [3.8, 4) is 5.75 Å². The molecule has 0 aliphatic heterocycles. The van der Waals surface area contributed by atoms with Crippen molar-refractivity contribution in [2.75, 3.05) is 25.5 Å². The first-order chi connectivity index (χ1) is 13.9. The number of para-hydroxylation sites is 1. The molecule has 7 nitrogen and oxygen atoms in total. The summed E-state index contributed by atoms with van der Waals surface area (Å²) in [5, 5.41) is 3.44. The number of methoxy groups -OCH3 is 1. The van der Waals surface area contributed by atoms with Gasteiger partial charge in [-0.15, -0.1) is 0 Å². The second kappa shape index (κ2) is 8.60. The van der Waals surface area contributed by atoms with Crippen molar-refractivity contribution >= 4 is 28.4 Å². The quantitative estimate of drug-likeness (QED) is 0.698. The lowest BCUT2D eigenvalue weighted by Crippen LogP contribution is -2.38. The van der Waals surface area contributed by atoms with Crippen LogP contribution >= 0.6 is 0 Å². The zero-order valence-electron chi connectivity index (χ0n) is 16.6. The summed E-state index contributed by atoms with van der Waals surface area (Å²) in [7, 11) is 3.21. The van der Waals surface area contributed by atoms with E-state index >= 15 is 0 Å². The van der Waals surface area contributed by atoms with E-state index in [1.807, 2.05) is 12.1 Å². The molecule has 2 aromatic carbocycles. The molecule has 2 amide bonds. The summed E-state index contributed by atoms with van der Waals surface area (Å²) in [5.41, 5.74) is 1.26. The van der Waals surface area contributed by atoms with Crippen molar-refractivity contribution in [3.63, 3.8) is 0 Å². The van der Waals surface area contributed by atoms with Gasteiger partial charge in [-0.3, -0.25) is 14.4 Å². The minimum absolute atomic E-state index is 0.129. The number of carbonyl (C=O) groups excluding carboxylic acids is 2. The summed E-state index contributed by atoms with van der Waals surface area (Å²) in [6.45, 7) is 1.99. The van der Waals surface area contributed by atoms with Gasteiger partial charge >= 0.3 is 0 Å². The number of likely N-dealkylation sites (N-methyl/N-ethyl adjacent to an activating group) is 1. The molecule has 0 spiro atoms. The molecule has 0 unspecified atom stereocenters. The molecule has 0 atom stereocenters.